The van der Waals surface area contributed by atoms with Crippen molar-refractivity contribution in [2.24, 2.45) is 28.4 Å². The van der Waals surface area contributed by atoms with Crippen LogP contribution >= 0.6 is 0 Å². The number of piperidine rings is 1. The van der Waals surface area contributed by atoms with Crippen LogP contribution in [0.4, 0.5) is 23.2 Å². The Labute approximate surface area is 238 Å². The minimum atomic E-state index is -5.23. The second-order valence-electron chi connectivity index (χ2n) is 12.6. The van der Waals surface area contributed by atoms with Gasteiger partial charge in [-0.3, -0.25) is 24.0 Å². The summed E-state index contributed by atoms with van der Waals surface area (Å²) in [5.41, 5.74) is 4.19. The van der Waals surface area contributed by atoms with Crippen molar-refractivity contribution in [3.8, 4) is 5.75 Å². The van der Waals surface area contributed by atoms with Crippen LogP contribution in [0, 0.1) is 28.5 Å². The number of hydrogen-bond donors (Lipinski definition) is 4. The number of amides is 5. The minimum absolute atomic E-state index is 0.0124. The van der Waals surface area contributed by atoms with Crippen LogP contribution in [0.5, 0.6) is 5.75 Å². The molecule has 2 unspecified atom stereocenters. The fourth-order valence-corrected chi connectivity index (χ4v) is 5.83. The third kappa shape index (κ3) is 5.86. The molecule has 0 bridgehead atoms. The number of hydrogen-bond acceptors (Lipinski definition) is 6. The molecule has 5 N–H and O–H groups in total. The van der Waals surface area contributed by atoms with Crippen molar-refractivity contribution in [1.29, 1.82) is 0 Å². The first-order valence-corrected chi connectivity index (χ1v) is 13.3. The van der Waals surface area contributed by atoms with Crippen molar-refractivity contribution in [2.45, 2.75) is 71.4 Å². The molecule has 5 amide bonds. The number of nitrogens with two attached hydrogens (primary N) is 1. The molecule has 230 valence electrons. The van der Waals surface area contributed by atoms with Crippen LogP contribution in [0.15, 0.2) is 18.2 Å². The number of likely N-dealkylation sites (tertiary alicyclic amines) is 1. The van der Waals surface area contributed by atoms with E-state index < -0.39 is 88.9 Å². The van der Waals surface area contributed by atoms with Crippen LogP contribution in [-0.4, -0.2) is 71.4 Å². The van der Waals surface area contributed by atoms with Gasteiger partial charge in [0.2, 0.25) is 17.7 Å². The smallest absolute Gasteiger partial charge is 0.471 e. The van der Waals surface area contributed by atoms with Crippen LogP contribution in [0.25, 0.3) is 0 Å². The fourth-order valence-electron chi connectivity index (χ4n) is 5.83. The van der Waals surface area contributed by atoms with Crippen molar-refractivity contribution in [2.75, 3.05) is 11.9 Å². The van der Waals surface area contributed by atoms with Gasteiger partial charge in [-0.25, -0.2) is 4.39 Å². The van der Waals surface area contributed by atoms with Gasteiger partial charge in [0.15, 0.2) is 6.10 Å². The lowest BCUT2D eigenvalue weighted by Gasteiger charge is -2.38. The van der Waals surface area contributed by atoms with E-state index in [0.717, 1.165) is 17.0 Å². The molecule has 2 aliphatic heterocycles. The minimum Gasteiger partial charge on any atom is -0.478 e. The van der Waals surface area contributed by atoms with E-state index in [2.05, 4.69) is 10.6 Å². The average molecular weight is 600 g/mol. The van der Waals surface area contributed by atoms with E-state index >= 15 is 0 Å². The predicted molar refractivity (Wildman–Crippen MR) is 139 cm³/mol. The molecule has 2 fully saturated rings. The summed E-state index contributed by atoms with van der Waals surface area (Å²) >= 11 is 0. The zero-order chi connectivity index (χ0) is 31.5. The third-order valence-electron chi connectivity index (χ3n) is 8.28. The number of ether oxygens (including phenoxy) is 1. The number of carbonyl (C=O) groups is 5. The van der Waals surface area contributed by atoms with Gasteiger partial charge < -0.3 is 31.3 Å². The summed E-state index contributed by atoms with van der Waals surface area (Å²) in [4.78, 5) is 65.1. The maximum absolute atomic E-state index is 13.7. The van der Waals surface area contributed by atoms with Gasteiger partial charge >= 0.3 is 12.1 Å². The van der Waals surface area contributed by atoms with Gasteiger partial charge in [0.25, 0.3) is 5.91 Å². The van der Waals surface area contributed by atoms with Crippen LogP contribution in [0.1, 0.15) is 41.0 Å². The molecule has 3 aliphatic rings. The number of benzene rings is 1. The molecule has 1 saturated carbocycles. The van der Waals surface area contributed by atoms with Crippen LogP contribution in [0.3, 0.4) is 0 Å². The van der Waals surface area contributed by atoms with Gasteiger partial charge in [-0.05, 0) is 34.8 Å². The monoisotopic (exact) mass is 599 g/mol. The normalized spacial score (nSPS) is 25.6. The van der Waals surface area contributed by atoms with E-state index in [1.165, 1.54) is 26.8 Å². The van der Waals surface area contributed by atoms with E-state index in [4.69, 9.17) is 10.5 Å². The maximum atomic E-state index is 13.7. The molecule has 4 rings (SSSR count). The molecule has 1 aromatic carbocycles. The lowest BCUT2D eigenvalue weighted by Crippen LogP contribution is -2.61. The number of alkyl halides is 3. The molecule has 0 radical (unpaired) electrons. The number of nitrogens with one attached hydrogen (secondary N) is 3. The Morgan fingerprint density at radius 2 is 1.81 bits per heavy atom. The first-order chi connectivity index (χ1) is 19.2. The second-order valence-corrected chi connectivity index (χ2v) is 12.6. The van der Waals surface area contributed by atoms with Crippen molar-refractivity contribution in [3.05, 3.63) is 24.0 Å². The van der Waals surface area contributed by atoms with Gasteiger partial charge in [0.05, 0.1) is 5.69 Å². The Morgan fingerprint density at radius 3 is 2.38 bits per heavy atom. The molecule has 15 heteroatoms. The number of carbonyl (C=O) groups excluding carboxylic acids is 5. The molecule has 0 spiro atoms. The summed E-state index contributed by atoms with van der Waals surface area (Å²) in [6.07, 6.45) is -6.98. The number of rotatable bonds is 7. The number of halogens is 4. The standard InChI is InChI=1S/C27H33F4N5O6/c1-25(2,3)19(35-24(41)27(29,30)31)23(40)36-10-12-17(26(12,4)5)18(36)22(39)34-14(20(32)37)9-16-21(38)33-13-7-6-11(28)8-15(13)42-16/h6-8,12,14,16-19H,9-10H2,1-5H3,(H2,32,37)(H,33,38)(H,34,39)(H,35,41)/t12-,14?,16-,17-,18-,19?/m0/s1. The zero-order valence-corrected chi connectivity index (χ0v) is 23.6. The Hall–Kier alpha value is -3.91. The van der Waals surface area contributed by atoms with E-state index in [9.17, 15) is 41.5 Å². The Balaban J connectivity index is 1.55. The summed E-state index contributed by atoms with van der Waals surface area (Å²) in [6.45, 7) is 8.22. The fraction of sp³-hybridized carbons (Fsp3) is 0.593. The lowest BCUT2D eigenvalue weighted by atomic mass is 9.85. The summed E-state index contributed by atoms with van der Waals surface area (Å²) < 4.78 is 58.4. The summed E-state index contributed by atoms with van der Waals surface area (Å²) in [6, 6.07) is -0.801. The molecule has 0 aromatic heterocycles. The lowest BCUT2D eigenvalue weighted by molar-refractivity contribution is -0.176. The van der Waals surface area contributed by atoms with Gasteiger partial charge in [-0.2, -0.15) is 13.2 Å². The van der Waals surface area contributed by atoms with Crippen molar-refractivity contribution in [1.82, 2.24) is 15.5 Å². The highest BCUT2D eigenvalue weighted by atomic mass is 19.4. The molecule has 1 aliphatic carbocycles. The maximum Gasteiger partial charge on any atom is 0.471 e. The van der Waals surface area contributed by atoms with Gasteiger partial charge in [-0.1, -0.05) is 34.6 Å². The second kappa shape index (κ2) is 10.4. The highest BCUT2D eigenvalue weighted by Crippen LogP contribution is 2.65. The van der Waals surface area contributed by atoms with E-state index in [0.29, 0.717) is 0 Å². The van der Waals surface area contributed by atoms with Crippen molar-refractivity contribution < 1.29 is 46.3 Å². The van der Waals surface area contributed by atoms with Crippen molar-refractivity contribution >= 4 is 35.2 Å². The summed E-state index contributed by atoms with van der Waals surface area (Å²) in [5, 5.41) is 6.77. The van der Waals surface area contributed by atoms with Gasteiger partial charge in [0.1, 0.15) is 29.7 Å². The van der Waals surface area contributed by atoms with E-state index in [-0.39, 0.29) is 23.9 Å². The number of anilines is 1. The molecular formula is C27H33F4N5O6. The number of primary amides is 1. The molecule has 1 saturated heterocycles. The quantitative estimate of drug-likeness (QED) is 0.347. The van der Waals surface area contributed by atoms with Gasteiger partial charge in [0, 0.05) is 19.0 Å². The van der Waals surface area contributed by atoms with E-state index in [1.807, 2.05) is 13.8 Å². The highest BCUT2D eigenvalue weighted by Gasteiger charge is 2.70. The summed E-state index contributed by atoms with van der Waals surface area (Å²) in [5.74, 6) is -6.83. The predicted octanol–water partition coefficient (Wildman–Crippen LogP) is 1.46. The van der Waals surface area contributed by atoms with Crippen LogP contribution in [0.2, 0.25) is 0 Å². The largest absolute Gasteiger partial charge is 0.478 e. The zero-order valence-electron chi connectivity index (χ0n) is 23.6. The molecule has 42 heavy (non-hydrogen) atoms. The van der Waals surface area contributed by atoms with Gasteiger partial charge in [-0.15, -0.1) is 0 Å². The first-order valence-electron chi connectivity index (χ1n) is 13.3. The topological polar surface area (TPSA) is 160 Å². The number of fused-ring (bicyclic) bond motifs is 2. The molecule has 6 atom stereocenters. The van der Waals surface area contributed by atoms with E-state index in [1.54, 1.807) is 5.32 Å². The molecule has 1 aromatic rings. The third-order valence-corrected chi connectivity index (χ3v) is 8.28. The van der Waals surface area contributed by atoms with Crippen LogP contribution < -0.4 is 26.4 Å². The van der Waals surface area contributed by atoms with Crippen LogP contribution in [-0.2, 0) is 24.0 Å². The Morgan fingerprint density at radius 1 is 1.17 bits per heavy atom. The Kier molecular flexibility index (Phi) is 7.70. The Bertz CT molecular complexity index is 1330. The SMILES string of the molecule is CC(C)(C)C(NC(=O)C(F)(F)F)C(=O)N1C[C@H]2[C@@H]([C@H]1C(=O)NC(C[C@@H]1Oc3cc(F)ccc3NC1=O)C(N)=O)C2(C)C. The highest BCUT2D eigenvalue weighted by molar-refractivity contribution is 5.99. The average Bonchev–Trinajstić information content (AvgIpc) is 3.19. The molecule has 2 heterocycles. The summed E-state index contributed by atoms with van der Waals surface area (Å²) in [7, 11) is 0. The molecule has 11 nitrogen and oxygen atoms in total. The number of nitrogens with zero attached hydrogens (tertiary/aromatic N) is 1. The van der Waals surface area contributed by atoms with Crippen molar-refractivity contribution in [3.63, 3.8) is 0 Å². The first kappa shape index (κ1) is 31.0. The molecular weight excluding hydrogens is 566 g/mol.